The number of benzene rings is 1. The molecule has 9 heteroatoms. The topological polar surface area (TPSA) is 49.9 Å². The molecule has 2 aromatic rings. The lowest BCUT2D eigenvalue weighted by Crippen LogP contribution is -2.42. The molecule has 1 aromatic heterocycles. The van der Waals surface area contributed by atoms with Crippen LogP contribution in [0.25, 0.3) is 5.57 Å². The highest BCUT2D eigenvalue weighted by Crippen LogP contribution is 2.39. The third-order valence-electron chi connectivity index (χ3n) is 5.34. The van der Waals surface area contributed by atoms with E-state index < -0.39 is 23.9 Å². The molecule has 1 saturated heterocycles. The predicted molar refractivity (Wildman–Crippen MR) is 111 cm³/mol. The molecule has 4 rings (SSSR count). The minimum Gasteiger partial charge on any atom is -0.406 e. The summed E-state index contributed by atoms with van der Waals surface area (Å²) in [6, 6.07) is 8.37. The Labute approximate surface area is 181 Å². The fraction of sp³-hybridized carbons (Fsp3) is 0.364. The summed E-state index contributed by atoms with van der Waals surface area (Å²) in [5.41, 5.74) is 0.907. The van der Waals surface area contributed by atoms with Crippen molar-refractivity contribution < 1.29 is 27.5 Å². The molecule has 5 nitrogen and oxygen atoms in total. The molecule has 0 spiro atoms. The van der Waals surface area contributed by atoms with E-state index in [-0.39, 0.29) is 5.69 Å². The fourth-order valence-electron chi connectivity index (χ4n) is 4.33. The molecule has 2 amide bonds. The third-order valence-corrected chi connectivity index (χ3v) is 6.23. The zero-order valence-corrected chi connectivity index (χ0v) is 17.8. The predicted octanol–water partition coefficient (Wildman–Crippen LogP) is 4.91. The van der Waals surface area contributed by atoms with Crippen molar-refractivity contribution in [2.45, 2.75) is 26.6 Å². The average Bonchev–Trinajstić information content (AvgIpc) is 3.27. The molecule has 0 saturated carbocycles. The second kappa shape index (κ2) is 8.03. The number of imide groups is 1. The largest absolute Gasteiger partial charge is 0.573 e. The summed E-state index contributed by atoms with van der Waals surface area (Å²) < 4.78 is 41.2. The lowest BCUT2D eigenvalue weighted by Gasteiger charge is -2.37. The van der Waals surface area contributed by atoms with Gasteiger partial charge in [-0.25, -0.2) is 4.90 Å². The van der Waals surface area contributed by atoms with E-state index in [0.29, 0.717) is 41.1 Å². The highest BCUT2D eigenvalue weighted by molar-refractivity contribution is 7.11. The van der Waals surface area contributed by atoms with Gasteiger partial charge >= 0.3 is 6.36 Å². The summed E-state index contributed by atoms with van der Waals surface area (Å²) in [6.07, 6.45) is -3.77. The zero-order chi connectivity index (χ0) is 22.3. The summed E-state index contributed by atoms with van der Waals surface area (Å²) in [4.78, 5) is 30.5. The molecule has 0 bridgehead atoms. The van der Waals surface area contributed by atoms with Gasteiger partial charge in [0.2, 0.25) is 0 Å². The highest BCUT2D eigenvalue weighted by Gasteiger charge is 2.44. The summed E-state index contributed by atoms with van der Waals surface area (Å²) in [5.74, 6) is -0.606. The molecule has 2 unspecified atom stereocenters. The SMILES string of the molecule is CC1CC(C)CN(C2=C(c3cccs3)C(=O)N(c3ccc(OC(F)(F)F)cc3)C2=O)C1. The molecule has 1 fully saturated rings. The summed E-state index contributed by atoms with van der Waals surface area (Å²) >= 11 is 1.37. The van der Waals surface area contributed by atoms with E-state index in [1.807, 2.05) is 16.3 Å². The van der Waals surface area contributed by atoms with E-state index in [0.717, 1.165) is 23.5 Å². The Hall–Kier alpha value is -2.81. The van der Waals surface area contributed by atoms with Gasteiger partial charge in [-0.15, -0.1) is 24.5 Å². The van der Waals surface area contributed by atoms with Crippen LogP contribution in [0, 0.1) is 11.8 Å². The molecule has 31 heavy (non-hydrogen) atoms. The van der Waals surface area contributed by atoms with Crippen LogP contribution in [0.2, 0.25) is 0 Å². The number of likely N-dealkylation sites (tertiary alicyclic amines) is 1. The molecule has 0 N–H and O–H groups in total. The number of thiophene rings is 1. The van der Waals surface area contributed by atoms with Gasteiger partial charge in [0.25, 0.3) is 11.8 Å². The first-order valence-corrected chi connectivity index (χ1v) is 10.8. The maximum Gasteiger partial charge on any atom is 0.573 e. The molecule has 2 aliphatic heterocycles. The van der Waals surface area contributed by atoms with E-state index in [2.05, 4.69) is 18.6 Å². The van der Waals surface area contributed by atoms with Crippen LogP contribution >= 0.6 is 11.3 Å². The second-order valence-corrected chi connectivity index (χ2v) is 8.99. The number of nitrogens with zero attached hydrogens (tertiary/aromatic N) is 2. The van der Waals surface area contributed by atoms with Crippen molar-refractivity contribution in [1.82, 2.24) is 4.90 Å². The number of rotatable bonds is 4. The monoisotopic (exact) mass is 450 g/mol. The van der Waals surface area contributed by atoms with Crippen LogP contribution in [0.15, 0.2) is 47.5 Å². The average molecular weight is 450 g/mol. The molecule has 2 atom stereocenters. The quantitative estimate of drug-likeness (QED) is 0.622. The zero-order valence-electron chi connectivity index (χ0n) is 17.0. The Morgan fingerprint density at radius 1 is 1.00 bits per heavy atom. The molecular weight excluding hydrogens is 429 g/mol. The Balaban J connectivity index is 1.70. The fourth-order valence-corrected chi connectivity index (χ4v) is 5.09. The maximum absolute atomic E-state index is 13.4. The van der Waals surface area contributed by atoms with E-state index in [1.165, 1.54) is 23.5 Å². The number of carbonyl (C=O) groups excluding carboxylic acids is 2. The van der Waals surface area contributed by atoms with Crippen LogP contribution in [-0.4, -0.2) is 36.2 Å². The molecule has 1 aromatic carbocycles. The number of anilines is 1. The minimum atomic E-state index is -4.82. The van der Waals surface area contributed by atoms with Gasteiger partial charge in [-0.3, -0.25) is 9.59 Å². The second-order valence-electron chi connectivity index (χ2n) is 8.04. The first-order valence-electron chi connectivity index (χ1n) is 9.91. The summed E-state index contributed by atoms with van der Waals surface area (Å²) in [7, 11) is 0. The van der Waals surface area contributed by atoms with E-state index in [4.69, 9.17) is 0 Å². The number of piperidine rings is 1. The molecule has 0 aliphatic carbocycles. The number of carbonyl (C=O) groups is 2. The van der Waals surface area contributed by atoms with Gasteiger partial charge in [-0.1, -0.05) is 19.9 Å². The van der Waals surface area contributed by atoms with Crippen LogP contribution in [0.1, 0.15) is 25.1 Å². The van der Waals surface area contributed by atoms with Crippen molar-refractivity contribution in [2.24, 2.45) is 11.8 Å². The first-order chi connectivity index (χ1) is 14.6. The first kappa shape index (κ1) is 21.4. The molecule has 2 aliphatic rings. The normalized spacial score (nSPS) is 22.5. The van der Waals surface area contributed by atoms with Crippen LogP contribution in [0.5, 0.6) is 5.75 Å². The molecule has 164 valence electrons. The van der Waals surface area contributed by atoms with Crippen molar-refractivity contribution >= 4 is 34.4 Å². The number of hydrogen-bond donors (Lipinski definition) is 0. The standard InChI is InChI=1S/C22H21F3N2O3S/c1-13-10-14(2)12-26(11-13)19-18(17-4-3-9-31-17)20(28)27(21(19)29)15-5-7-16(8-6-15)30-22(23,24)25/h3-9,13-14H,10-12H2,1-2H3. The van der Waals surface area contributed by atoms with Gasteiger partial charge < -0.3 is 9.64 Å². The highest BCUT2D eigenvalue weighted by atomic mass is 32.1. The summed E-state index contributed by atoms with van der Waals surface area (Å²) in [5, 5.41) is 1.84. The van der Waals surface area contributed by atoms with Gasteiger partial charge in [0, 0.05) is 18.0 Å². The van der Waals surface area contributed by atoms with Gasteiger partial charge in [-0.05, 0) is 54.0 Å². The number of ether oxygens (including phenoxy) is 1. The van der Waals surface area contributed by atoms with Crippen LogP contribution < -0.4 is 9.64 Å². The number of amides is 2. The number of alkyl halides is 3. The van der Waals surface area contributed by atoms with Gasteiger partial charge in [0.15, 0.2) is 0 Å². The molecule has 3 heterocycles. The molecular formula is C22H21F3N2O3S. The number of hydrogen-bond acceptors (Lipinski definition) is 5. The van der Waals surface area contributed by atoms with E-state index in [9.17, 15) is 22.8 Å². The lowest BCUT2D eigenvalue weighted by atomic mass is 9.91. The molecule has 0 radical (unpaired) electrons. The Morgan fingerprint density at radius 2 is 1.65 bits per heavy atom. The van der Waals surface area contributed by atoms with Crippen molar-refractivity contribution in [3.05, 3.63) is 52.4 Å². The van der Waals surface area contributed by atoms with Gasteiger partial charge in [-0.2, -0.15) is 0 Å². The van der Waals surface area contributed by atoms with E-state index >= 15 is 0 Å². The van der Waals surface area contributed by atoms with Gasteiger partial charge in [0.05, 0.1) is 11.3 Å². The van der Waals surface area contributed by atoms with Crippen molar-refractivity contribution in [3.63, 3.8) is 0 Å². The Bertz CT molecular complexity index is 1010. The van der Waals surface area contributed by atoms with Gasteiger partial charge in [0.1, 0.15) is 11.4 Å². The minimum absolute atomic E-state index is 0.201. The van der Waals surface area contributed by atoms with Crippen LogP contribution in [0.3, 0.4) is 0 Å². The van der Waals surface area contributed by atoms with Crippen LogP contribution in [-0.2, 0) is 9.59 Å². The Kier molecular flexibility index (Phi) is 5.55. The van der Waals surface area contributed by atoms with Crippen molar-refractivity contribution in [1.29, 1.82) is 0 Å². The van der Waals surface area contributed by atoms with E-state index in [1.54, 1.807) is 6.07 Å². The maximum atomic E-state index is 13.4. The van der Waals surface area contributed by atoms with Crippen LogP contribution in [0.4, 0.5) is 18.9 Å². The third kappa shape index (κ3) is 4.32. The Morgan fingerprint density at radius 3 is 2.19 bits per heavy atom. The number of halogens is 3. The smallest absolute Gasteiger partial charge is 0.406 e. The van der Waals surface area contributed by atoms with Crippen molar-refractivity contribution in [3.8, 4) is 5.75 Å². The lowest BCUT2D eigenvalue weighted by molar-refractivity contribution is -0.274. The van der Waals surface area contributed by atoms with Crippen molar-refractivity contribution in [2.75, 3.05) is 18.0 Å². The summed E-state index contributed by atoms with van der Waals surface area (Å²) in [6.45, 7) is 5.57.